The van der Waals surface area contributed by atoms with Crippen LogP contribution in [0.2, 0.25) is 0 Å². The van der Waals surface area contributed by atoms with Crippen molar-refractivity contribution in [2.75, 3.05) is 19.9 Å². The summed E-state index contributed by atoms with van der Waals surface area (Å²) in [5.74, 6) is -0.604. The molecule has 2 aromatic carbocycles. The molecule has 23 heavy (non-hydrogen) atoms. The van der Waals surface area contributed by atoms with E-state index in [2.05, 4.69) is 4.74 Å². The van der Waals surface area contributed by atoms with Gasteiger partial charge in [0.05, 0.1) is 19.4 Å². The van der Waals surface area contributed by atoms with Crippen LogP contribution in [0.15, 0.2) is 60.7 Å². The van der Waals surface area contributed by atoms with E-state index in [1.165, 1.54) is 7.11 Å². The average Bonchev–Trinajstić information content (AvgIpc) is 2.55. The molecule has 122 valence electrons. The molecule has 0 aliphatic rings. The lowest BCUT2D eigenvalue weighted by molar-refractivity contribution is -0.141. The van der Waals surface area contributed by atoms with Gasteiger partial charge < -0.3 is 4.74 Å². The summed E-state index contributed by atoms with van der Waals surface area (Å²) in [6.45, 7) is -0.343. The maximum Gasteiger partial charge on any atom is 0.321 e. The van der Waals surface area contributed by atoms with Gasteiger partial charge in [-0.05, 0) is 11.1 Å². The van der Waals surface area contributed by atoms with Crippen LogP contribution in [-0.4, -0.2) is 38.6 Å². The topological polar surface area (TPSA) is 63.7 Å². The third-order valence-corrected chi connectivity index (χ3v) is 4.65. The van der Waals surface area contributed by atoms with E-state index in [4.69, 9.17) is 0 Å². The summed E-state index contributed by atoms with van der Waals surface area (Å²) in [5, 5.41) is 0. The van der Waals surface area contributed by atoms with E-state index in [1.54, 1.807) is 0 Å². The van der Waals surface area contributed by atoms with Gasteiger partial charge in [0.25, 0.3) is 0 Å². The molecule has 0 radical (unpaired) electrons. The first-order chi connectivity index (χ1) is 10.9. The van der Waals surface area contributed by atoms with Crippen molar-refractivity contribution in [1.29, 1.82) is 0 Å². The van der Waals surface area contributed by atoms with Crippen molar-refractivity contribution in [3.63, 3.8) is 0 Å². The molecule has 0 N–H and O–H groups in total. The van der Waals surface area contributed by atoms with Gasteiger partial charge in [0.1, 0.15) is 6.54 Å². The fourth-order valence-electron chi connectivity index (χ4n) is 2.39. The third kappa shape index (κ3) is 4.40. The number of sulfonamides is 1. The van der Waals surface area contributed by atoms with E-state index in [0.29, 0.717) is 0 Å². The van der Waals surface area contributed by atoms with Crippen LogP contribution in [0.1, 0.15) is 17.2 Å². The molecule has 0 amide bonds. The van der Waals surface area contributed by atoms with Crippen LogP contribution in [0.25, 0.3) is 0 Å². The molecule has 0 spiro atoms. The summed E-state index contributed by atoms with van der Waals surface area (Å²) < 4.78 is 30.4. The Hall–Kier alpha value is -2.18. The van der Waals surface area contributed by atoms with Crippen molar-refractivity contribution < 1.29 is 17.9 Å². The Morgan fingerprint density at radius 1 is 1.00 bits per heavy atom. The number of nitrogens with zero attached hydrogens (tertiary/aromatic N) is 1. The summed E-state index contributed by atoms with van der Waals surface area (Å²) in [5.41, 5.74) is 1.57. The molecule has 0 atom stereocenters. The van der Waals surface area contributed by atoms with Crippen molar-refractivity contribution in [3.05, 3.63) is 71.8 Å². The van der Waals surface area contributed by atoms with E-state index in [1.807, 2.05) is 60.7 Å². The summed E-state index contributed by atoms with van der Waals surface area (Å²) in [4.78, 5) is 11.7. The van der Waals surface area contributed by atoms with Crippen LogP contribution in [0.4, 0.5) is 0 Å². The average molecular weight is 333 g/mol. The van der Waals surface area contributed by atoms with Crippen molar-refractivity contribution in [1.82, 2.24) is 4.31 Å². The number of carbonyl (C=O) groups excluding carboxylic acids is 1. The second-order valence-electron chi connectivity index (χ2n) is 5.11. The van der Waals surface area contributed by atoms with Gasteiger partial charge in [-0.25, -0.2) is 8.42 Å². The quantitative estimate of drug-likeness (QED) is 0.760. The number of esters is 1. The van der Waals surface area contributed by atoms with E-state index >= 15 is 0 Å². The normalized spacial score (nSPS) is 11.7. The highest BCUT2D eigenvalue weighted by molar-refractivity contribution is 7.88. The minimum atomic E-state index is -3.63. The molecule has 0 aliphatic carbocycles. The van der Waals surface area contributed by atoms with Crippen molar-refractivity contribution in [3.8, 4) is 0 Å². The smallest absolute Gasteiger partial charge is 0.321 e. The molecule has 2 aromatic rings. The highest BCUT2D eigenvalue weighted by atomic mass is 32.2. The van der Waals surface area contributed by atoms with Crippen LogP contribution in [0, 0.1) is 0 Å². The Balaban J connectivity index is 2.56. The molecule has 0 bridgehead atoms. The lowest BCUT2D eigenvalue weighted by atomic mass is 9.99. The fraction of sp³-hybridized carbons (Fsp3) is 0.235. The van der Waals surface area contributed by atoms with Crippen LogP contribution >= 0.6 is 0 Å². The lowest BCUT2D eigenvalue weighted by Gasteiger charge is -2.29. The number of methoxy groups -OCH3 is 1. The van der Waals surface area contributed by atoms with Gasteiger partial charge in [-0.3, -0.25) is 4.79 Å². The van der Waals surface area contributed by atoms with Crippen molar-refractivity contribution in [2.24, 2.45) is 0 Å². The Kier molecular flexibility index (Phi) is 5.52. The van der Waals surface area contributed by atoms with Crippen molar-refractivity contribution >= 4 is 16.0 Å². The highest BCUT2D eigenvalue weighted by Crippen LogP contribution is 2.30. The van der Waals surface area contributed by atoms with Gasteiger partial charge in [0, 0.05) is 0 Å². The van der Waals surface area contributed by atoms with Crippen LogP contribution in [0.3, 0.4) is 0 Å². The monoisotopic (exact) mass is 333 g/mol. The van der Waals surface area contributed by atoms with E-state index in [-0.39, 0.29) is 6.54 Å². The van der Waals surface area contributed by atoms with Gasteiger partial charge in [-0.2, -0.15) is 4.31 Å². The molecule has 0 saturated carbocycles. The molecule has 0 heterocycles. The Bertz CT molecular complexity index is 705. The lowest BCUT2D eigenvalue weighted by Crippen LogP contribution is -2.39. The Morgan fingerprint density at radius 2 is 1.43 bits per heavy atom. The first-order valence-corrected chi connectivity index (χ1v) is 8.92. The highest BCUT2D eigenvalue weighted by Gasteiger charge is 2.31. The summed E-state index contributed by atoms with van der Waals surface area (Å²) in [7, 11) is -2.39. The summed E-state index contributed by atoms with van der Waals surface area (Å²) >= 11 is 0. The summed E-state index contributed by atoms with van der Waals surface area (Å²) in [6, 6.07) is 17.8. The molecule has 6 heteroatoms. The fourth-order valence-corrected chi connectivity index (χ4v) is 3.35. The first kappa shape index (κ1) is 17.2. The molecule has 2 rings (SSSR count). The Labute approximate surface area is 136 Å². The van der Waals surface area contributed by atoms with Crippen molar-refractivity contribution in [2.45, 2.75) is 6.04 Å². The standard InChI is InChI=1S/C17H19NO4S/c1-22-16(19)13-18(23(2,20)21)17(14-9-5-3-6-10-14)15-11-7-4-8-12-15/h3-12,17H,13H2,1-2H3. The van der Waals surface area contributed by atoms with E-state index < -0.39 is 22.0 Å². The molecule has 0 unspecified atom stereocenters. The first-order valence-electron chi connectivity index (χ1n) is 7.07. The second-order valence-corrected chi connectivity index (χ2v) is 7.04. The molecule has 0 aromatic heterocycles. The zero-order valence-corrected chi connectivity index (χ0v) is 13.9. The zero-order chi connectivity index (χ0) is 16.9. The number of hydrogen-bond acceptors (Lipinski definition) is 4. The third-order valence-electron chi connectivity index (χ3n) is 3.46. The number of ether oxygens (including phenoxy) is 1. The largest absolute Gasteiger partial charge is 0.468 e. The maximum absolute atomic E-state index is 12.3. The second kappa shape index (κ2) is 7.39. The van der Waals surface area contributed by atoms with E-state index in [0.717, 1.165) is 21.7 Å². The van der Waals surface area contributed by atoms with Crippen LogP contribution < -0.4 is 0 Å². The molecule has 0 aliphatic heterocycles. The number of benzene rings is 2. The van der Waals surface area contributed by atoms with Gasteiger partial charge in [0.15, 0.2) is 0 Å². The van der Waals surface area contributed by atoms with Gasteiger partial charge in [0.2, 0.25) is 10.0 Å². The van der Waals surface area contributed by atoms with E-state index in [9.17, 15) is 13.2 Å². The van der Waals surface area contributed by atoms with Gasteiger partial charge in [-0.1, -0.05) is 60.7 Å². The predicted octanol–water partition coefficient (Wildman–Crippen LogP) is 2.21. The molecule has 5 nitrogen and oxygen atoms in total. The maximum atomic E-state index is 12.3. The zero-order valence-electron chi connectivity index (χ0n) is 13.0. The predicted molar refractivity (Wildman–Crippen MR) is 88.3 cm³/mol. The number of hydrogen-bond donors (Lipinski definition) is 0. The van der Waals surface area contributed by atoms with Crippen LogP contribution in [-0.2, 0) is 19.6 Å². The molecule has 0 fully saturated rings. The minimum absolute atomic E-state index is 0.343. The van der Waals surface area contributed by atoms with Crippen LogP contribution in [0.5, 0.6) is 0 Å². The number of carbonyl (C=O) groups is 1. The Morgan fingerprint density at radius 3 is 1.78 bits per heavy atom. The molecule has 0 saturated heterocycles. The summed E-state index contributed by atoms with van der Waals surface area (Å²) in [6.07, 6.45) is 1.09. The van der Waals surface area contributed by atoms with Gasteiger partial charge in [-0.15, -0.1) is 0 Å². The number of rotatable bonds is 6. The molecular weight excluding hydrogens is 314 g/mol. The molecular formula is C17H19NO4S. The van der Waals surface area contributed by atoms with Gasteiger partial charge >= 0.3 is 5.97 Å². The minimum Gasteiger partial charge on any atom is -0.468 e. The SMILES string of the molecule is COC(=O)CN(C(c1ccccc1)c1ccccc1)S(C)(=O)=O.